The molecule has 0 bridgehead atoms. The van der Waals surface area contributed by atoms with Crippen LogP contribution in [0.2, 0.25) is 36.3 Å². The minimum atomic E-state index is -1.66. The monoisotopic (exact) mass is 345 g/mol. The van der Waals surface area contributed by atoms with Crippen molar-refractivity contribution in [3.8, 4) is 0 Å². The van der Waals surface area contributed by atoms with Gasteiger partial charge in [-0.1, -0.05) is 41.5 Å². The van der Waals surface area contributed by atoms with Crippen LogP contribution in [0.1, 0.15) is 41.5 Å². The Kier molecular flexibility index (Phi) is 5.85. The number of hydrogen-bond donors (Lipinski definition) is 1. The van der Waals surface area contributed by atoms with E-state index in [4.69, 9.17) is 14.6 Å². The molecule has 1 aliphatic rings. The highest BCUT2D eigenvalue weighted by molar-refractivity contribution is 6.74. The summed E-state index contributed by atoms with van der Waals surface area (Å²) in [6, 6.07) is 0.259. The second-order valence-electron chi connectivity index (χ2n) is 10.0. The van der Waals surface area contributed by atoms with Crippen LogP contribution in [0.25, 0.3) is 0 Å². The maximum Gasteiger partial charge on any atom is 0.191 e. The summed E-state index contributed by atoms with van der Waals surface area (Å²) in [7, 11) is -3.33. The maximum absolute atomic E-state index is 6.33. The third kappa shape index (κ3) is 4.66. The van der Waals surface area contributed by atoms with Crippen LogP contribution in [0.3, 0.4) is 0 Å². The van der Waals surface area contributed by atoms with E-state index in [1.807, 2.05) is 0 Å². The van der Waals surface area contributed by atoms with E-state index < -0.39 is 16.6 Å². The molecule has 3 nitrogen and oxygen atoms in total. The van der Waals surface area contributed by atoms with E-state index in [1.165, 1.54) is 0 Å². The molecule has 132 valence electrons. The molecule has 0 aromatic heterocycles. The van der Waals surface area contributed by atoms with E-state index in [2.05, 4.69) is 67.7 Å². The van der Waals surface area contributed by atoms with Crippen molar-refractivity contribution in [3.05, 3.63) is 0 Å². The molecule has 1 saturated carbocycles. The summed E-state index contributed by atoms with van der Waals surface area (Å²) in [5.74, 6) is 0.970. The molecular weight excluding hydrogens is 306 g/mol. The van der Waals surface area contributed by atoms with Crippen molar-refractivity contribution in [2.75, 3.05) is 13.2 Å². The Balaban J connectivity index is 2.46. The van der Waals surface area contributed by atoms with E-state index in [1.54, 1.807) is 0 Å². The van der Waals surface area contributed by atoms with Crippen LogP contribution in [-0.4, -0.2) is 35.9 Å². The average molecular weight is 346 g/mol. The summed E-state index contributed by atoms with van der Waals surface area (Å²) < 4.78 is 12.7. The Morgan fingerprint density at radius 2 is 1.00 bits per heavy atom. The Morgan fingerprint density at radius 1 is 0.727 bits per heavy atom. The van der Waals surface area contributed by atoms with Gasteiger partial charge in [-0.15, -0.1) is 0 Å². The van der Waals surface area contributed by atoms with Gasteiger partial charge in [-0.2, -0.15) is 0 Å². The predicted octanol–water partition coefficient (Wildman–Crippen LogP) is 4.60. The lowest BCUT2D eigenvalue weighted by atomic mass is 10.2. The molecule has 0 aromatic carbocycles. The molecule has 5 heteroatoms. The maximum atomic E-state index is 6.33. The van der Waals surface area contributed by atoms with Crippen LogP contribution in [0.5, 0.6) is 0 Å². The fourth-order valence-electron chi connectivity index (χ4n) is 1.99. The Bertz CT molecular complexity index is 347. The lowest BCUT2D eigenvalue weighted by molar-refractivity contribution is 0.233. The standard InChI is InChI=1S/C17H39NO2Si2/c1-16(2,3)21(7,8)19-11-13-14(15(13)18)12-20-22(9,10)17(4,5)6/h13-15H,11-12,18H2,1-10H3. The lowest BCUT2D eigenvalue weighted by Crippen LogP contribution is -2.42. The van der Waals surface area contributed by atoms with E-state index >= 15 is 0 Å². The largest absolute Gasteiger partial charge is 0.416 e. The first-order chi connectivity index (χ1) is 9.60. The summed E-state index contributed by atoms with van der Waals surface area (Å²) in [6.45, 7) is 24.5. The molecule has 1 rings (SSSR count). The highest BCUT2D eigenvalue weighted by atomic mass is 28.4. The van der Waals surface area contributed by atoms with Gasteiger partial charge >= 0.3 is 0 Å². The smallest absolute Gasteiger partial charge is 0.191 e. The Labute approximate surface area is 140 Å². The van der Waals surface area contributed by atoms with Crippen molar-refractivity contribution >= 4 is 16.6 Å². The first-order valence-electron chi connectivity index (χ1n) is 8.64. The van der Waals surface area contributed by atoms with Crippen LogP contribution in [0.4, 0.5) is 0 Å². The first kappa shape index (κ1) is 20.4. The predicted molar refractivity (Wildman–Crippen MR) is 101 cm³/mol. The first-order valence-corrected chi connectivity index (χ1v) is 14.5. The van der Waals surface area contributed by atoms with Gasteiger partial charge in [0.25, 0.3) is 0 Å². The van der Waals surface area contributed by atoms with Crippen molar-refractivity contribution in [1.29, 1.82) is 0 Å². The topological polar surface area (TPSA) is 44.5 Å². The van der Waals surface area contributed by atoms with Gasteiger partial charge in [-0.25, -0.2) is 0 Å². The van der Waals surface area contributed by atoms with Crippen LogP contribution in [-0.2, 0) is 8.85 Å². The Morgan fingerprint density at radius 3 is 1.23 bits per heavy atom. The quantitative estimate of drug-likeness (QED) is 0.715. The second kappa shape index (κ2) is 6.32. The van der Waals surface area contributed by atoms with Crippen molar-refractivity contribution in [3.63, 3.8) is 0 Å². The molecule has 22 heavy (non-hydrogen) atoms. The van der Waals surface area contributed by atoms with Crippen molar-refractivity contribution < 1.29 is 8.85 Å². The number of hydrogen-bond acceptors (Lipinski definition) is 3. The zero-order chi connectivity index (χ0) is 17.6. The van der Waals surface area contributed by atoms with Gasteiger partial charge in [0, 0.05) is 31.1 Å². The molecule has 0 aliphatic heterocycles. The van der Waals surface area contributed by atoms with Gasteiger partial charge in [0.05, 0.1) is 0 Å². The lowest BCUT2D eigenvalue weighted by Gasteiger charge is -2.36. The molecule has 1 fully saturated rings. The van der Waals surface area contributed by atoms with Crippen LogP contribution >= 0.6 is 0 Å². The minimum Gasteiger partial charge on any atom is -0.416 e. The highest BCUT2D eigenvalue weighted by Gasteiger charge is 2.50. The molecule has 0 spiro atoms. The van der Waals surface area contributed by atoms with Gasteiger partial charge in [0.1, 0.15) is 0 Å². The zero-order valence-corrected chi connectivity index (χ0v) is 18.5. The molecule has 1 aliphatic carbocycles. The van der Waals surface area contributed by atoms with E-state index in [-0.39, 0.29) is 16.1 Å². The van der Waals surface area contributed by atoms with Crippen molar-refractivity contribution in [2.45, 2.75) is 83.8 Å². The van der Waals surface area contributed by atoms with Gasteiger partial charge in [0.2, 0.25) is 0 Å². The molecule has 0 radical (unpaired) electrons. The molecule has 2 atom stereocenters. The molecular formula is C17H39NO2Si2. The van der Waals surface area contributed by atoms with Gasteiger partial charge in [-0.3, -0.25) is 0 Å². The summed E-state index contributed by atoms with van der Waals surface area (Å²) in [6.07, 6.45) is 0. The number of nitrogens with two attached hydrogens (primary N) is 1. The Hall–Kier alpha value is 0.314. The second-order valence-corrected chi connectivity index (χ2v) is 19.7. The summed E-state index contributed by atoms with van der Waals surface area (Å²) in [5.41, 5.74) is 6.26. The molecule has 2 N–H and O–H groups in total. The summed E-state index contributed by atoms with van der Waals surface area (Å²) in [5, 5.41) is 0.526. The number of rotatable bonds is 6. The van der Waals surface area contributed by atoms with Crippen molar-refractivity contribution in [2.24, 2.45) is 17.6 Å². The van der Waals surface area contributed by atoms with E-state index in [9.17, 15) is 0 Å². The average Bonchev–Trinajstić information content (AvgIpc) is 2.91. The molecule has 0 heterocycles. The SMILES string of the molecule is CC(C)(C)[Si](C)(C)OCC1C(N)C1CO[Si](C)(C)C(C)(C)C. The van der Waals surface area contributed by atoms with Crippen molar-refractivity contribution in [1.82, 2.24) is 0 Å². The van der Waals surface area contributed by atoms with Gasteiger partial charge in [-0.05, 0) is 36.3 Å². The molecule has 0 amide bonds. The third-order valence-electron chi connectivity index (χ3n) is 6.28. The minimum absolute atomic E-state index is 0.259. The summed E-state index contributed by atoms with van der Waals surface area (Å²) >= 11 is 0. The molecule has 2 unspecified atom stereocenters. The third-order valence-corrected chi connectivity index (χ3v) is 15.3. The normalized spacial score (nSPS) is 27.1. The van der Waals surface area contributed by atoms with Gasteiger partial charge in [0.15, 0.2) is 16.6 Å². The zero-order valence-electron chi connectivity index (χ0n) is 16.5. The van der Waals surface area contributed by atoms with Crippen LogP contribution < -0.4 is 5.73 Å². The fraction of sp³-hybridized carbons (Fsp3) is 1.00. The highest BCUT2D eigenvalue weighted by Crippen LogP contribution is 2.43. The van der Waals surface area contributed by atoms with Crippen LogP contribution in [0, 0.1) is 11.8 Å². The molecule has 0 aromatic rings. The van der Waals surface area contributed by atoms with E-state index in [0.29, 0.717) is 11.8 Å². The fourth-order valence-corrected chi connectivity index (χ4v) is 4.07. The van der Waals surface area contributed by atoms with E-state index in [0.717, 1.165) is 13.2 Å². The van der Waals surface area contributed by atoms with Gasteiger partial charge < -0.3 is 14.6 Å². The molecule has 0 saturated heterocycles. The van der Waals surface area contributed by atoms with Crippen LogP contribution in [0.15, 0.2) is 0 Å². The summed E-state index contributed by atoms with van der Waals surface area (Å²) in [4.78, 5) is 0.